The minimum Gasteiger partial charge on any atom is -0.455 e. The van der Waals surface area contributed by atoms with Gasteiger partial charge in [-0.3, -0.25) is 14.6 Å². The highest BCUT2D eigenvalue weighted by Crippen LogP contribution is 2.30. The van der Waals surface area contributed by atoms with Crippen molar-refractivity contribution in [3.8, 4) is 11.5 Å². The van der Waals surface area contributed by atoms with Gasteiger partial charge in [-0.05, 0) is 44.1 Å². The van der Waals surface area contributed by atoms with Crippen LogP contribution in [-0.4, -0.2) is 36.9 Å². The number of amides is 2. The van der Waals surface area contributed by atoms with E-state index in [1.807, 2.05) is 12.1 Å². The van der Waals surface area contributed by atoms with E-state index in [2.05, 4.69) is 20.9 Å². The number of piperidine rings is 1. The van der Waals surface area contributed by atoms with Crippen molar-refractivity contribution < 1.29 is 14.3 Å². The van der Waals surface area contributed by atoms with E-state index < -0.39 is 0 Å². The highest BCUT2D eigenvalue weighted by Gasteiger charge is 2.21. The van der Waals surface area contributed by atoms with Gasteiger partial charge in [0.15, 0.2) is 5.75 Å². The fraction of sp³-hybridized carbons (Fsp3) is 0.316. The Bertz CT molecular complexity index is 788. The van der Waals surface area contributed by atoms with Gasteiger partial charge in [0.2, 0.25) is 5.91 Å². The summed E-state index contributed by atoms with van der Waals surface area (Å²) in [5, 5.41) is 8.74. The lowest BCUT2D eigenvalue weighted by atomic mass is 9.97. The van der Waals surface area contributed by atoms with E-state index in [1.54, 1.807) is 31.3 Å². The van der Waals surface area contributed by atoms with Crippen LogP contribution < -0.4 is 20.7 Å². The summed E-state index contributed by atoms with van der Waals surface area (Å²) in [6.07, 6.45) is 3.17. The molecule has 2 amide bonds. The van der Waals surface area contributed by atoms with Crippen LogP contribution in [0.3, 0.4) is 0 Å². The number of nitrogens with zero attached hydrogens (tertiary/aromatic N) is 1. The van der Waals surface area contributed by atoms with Crippen molar-refractivity contribution in [2.75, 3.05) is 25.5 Å². The summed E-state index contributed by atoms with van der Waals surface area (Å²) in [5.41, 5.74) is 0.871. The molecule has 0 atom stereocenters. The Morgan fingerprint density at radius 1 is 1.19 bits per heavy atom. The maximum Gasteiger partial charge on any atom is 0.269 e. The molecule has 1 aliphatic rings. The molecule has 26 heavy (non-hydrogen) atoms. The van der Waals surface area contributed by atoms with Crippen LogP contribution in [0.2, 0.25) is 0 Å². The molecule has 3 rings (SSSR count). The average Bonchev–Trinajstić information content (AvgIpc) is 2.69. The van der Waals surface area contributed by atoms with Crippen LogP contribution in [0, 0.1) is 5.92 Å². The first-order chi connectivity index (χ1) is 12.7. The van der Waals surface area contributed by atoms with Crippen molar-refractivity contribution in [1.29, 1.82) is 0 Å². The fourth-order valence-electron chi connectivity index (χ4n) is 2.83. The molecular formula is C19H22N4O3. The predicted molar refractivity (Wildman–Crippen MR) is 98.4 cm³/mol. The Labute approximate surface area is 152 Å². The van der Waals surface area contributed by atoms with E-state index >= 15 is 0 Å². The minimum absolute atomic E-state index is 0.00308. The van der Waals surface area contributed by atoms with Gasteiger partial charge < -0.3 is 20.7 Å². The van der Waals surface area contributed by atoms with Gasteiger partial charge in [0.1, 0.15) is 11.4 Å². The molecule has 2 aromatic rings. The number of benzene rings is 1. The number of rotatable bonds is 5. The quantitative estimate of drug-likeness (QED) is 0.765. The fourth-order valence-corrected chi connectivity index (χ4v) is 2.83. The molecule has 1 aliphatic heterocycles. The molecule has 7 nitrogen and oxygen atoms in total. The molecule has 0 aliphatic carbocycles. The van der Waals surface area contributed by atoms with Crippen molar-refractivity contribution in [3.63, 3.8) is 0 Å². The van der Waals surface area contributed by atoms with Crippen LogP contribution in [-0.2, 0) is 4.79 Å². The molecule has 136 valence electrons. The zero-order chi connectivity index (χ0) is 18.4. The molecule has 0 bridgehead atoms. The number of nitrogens with one attached hydrogen (secondary N) is 3. The van der Waals surface area contributed by atoms with E-state index in [0.29, 0.717) is 17.2 Å². The summed E-state index contributed by atoms with van der Waals surface area (Å²) < 4.78 is 5.89. The maximum atomic E-state index is 12.5. The van der Waals surface area contributed by atoms with Crippen molar-refractivity contribution in [3.05, 3.63) is 48.3 Å². The van der Waals surface area contributed by atoms with E-state index in [4.69, 9.17) is 4.74 Å². The zero-order valence-corrected chi connectivity index (χ0v) is 14.6. The third-order valence-electron chi connectivity index (χ3n) is 4.27. The van der Waals surface area contributed by atoms with Gasteiger partial charge in [0.25, 0.3) is 5.91 Å². The van der Waals surface area contributed by atoms with Gasteiger partial charge in [0, 0.05) is 25.2 Å². The summed E-state index contributed by atoms with van der Waals surface area (Å²) >= 11 is 0. The van der Waals surface area contributed by atoms with Crippen molar-refractivity contribution in [1.82, 2.24) is 15.6 Å². The number of carbonyl (C=O) groups excluding carboxylic acids is 2. The molecule has 1 saturated heterocycles. The van der Waals surface area contributed by atoms with Crippen LogP contribution in [0.1, 0.15) is 23.3 Å². The van der Waals surface area contributed by atoms with E-state index in [-0.39, 0.29) is 23.4 Å². The van der Waals surface area contributed by atoms with Crippen molar-refractivity contribution in [2.24, 2.45) is 5.92 Å². The largest absolute Gasteiger partial charge is 0.455 e. The first kappa shape index (κ1) is 17.9. The van der Waals surface area contributed by atoms with Gasteiger partial charge in [0.05, 0.1) is 5.69 Å². The van der Waals surface area contributed by atoms with Crippen molar-refractivity contribution in [2.45, 2.75) is 12.8 Å². The van der Waals surface area contributed by atoms with Gasteiger partial charge in [-0.15, -0.1) is 0 Å². The highest BCUT2D eigenvalue weighted by molar-refractivity contribution is 5.94. The number of pyridine rings is 1. The lowest BCUT2D eigenvalue weighted by Gasteiger charge is -2.22. The smallest absolute Gasteiger partial charge is 0.269 e. The summed E-state index contributed by atoms with van der Waals surface area (Å²) in [4.78, 5) is 28.2. The molecule has 1 aromatic carbocycles. The number of aromatic nitrogens is 1. The number of ether oxygens (including phenoxy) is 1. The molecule has 0 radical (unpaired) electrons. The summed E-state index contributed by atoms with van der Waals surface area (Å²) in [6, 6.07) is 10.5. The van der Waals surface area contributed by atoms with Crippen LogP contribution in [0.5, 0.6) is 11.5 Å². The highest BCUT2D eigenvalue weighted by atomic mass is 16.5. The summed E-state index contributed by atoms with van der Waals surface area (Å²) in [7, 11) is 1.54. The monoisotopic (exact) mass is 354 g/mol. The van der Waals surface area contributed by atoms with Crippen LogP contribution in [0.4, 0.5) is 5.69 Å². The normalized spacial score (nSPS) is 14.5. The average molecular weight is 354 g/mol. The first-order valence-electron chi connectivity index (χ1n) is 8.64. The lowest BCUT2D eigenvalue weighted by Crippen LogP contribution is -2.34. The molecule has 2 heterocycles. The Balaban J connectivity index is 1.75. The number of hydrogen-bond acceptors (Lipinski definition) is 5. The van der Waals surface area contributed by atoms with Crippen molar-refractivity contribution >= 4 is 17.5 Å². The maximum absolute atomic E-state index is 12.5. The van der Waals surface area contributed by atoms with E-state index in [0.717, 1.165) is 25.9 Å². The second kappa shape index (κ2) is 8.44. The Hall–Kier alpha value is -2.93. The first-order valence-corrected chi connectivity index (χ1v) is 8.64. The number of anilines is 1. The predicted octanol–water partition coefficient (Wildman–Crippen LogP) is 2.17. The molecule has 0 spiro atoms. The van der Waals surface area contributed by atoms with Gasteiger partial charge in [-0.25, -0.2) is 0 Å². The molecule has 7 heteroatoms. The minimum atomic E-state index is -0.289. The second-order valence-corrected chi connectivity index (χ2v) is 6.07. The van der Waals surface area contributed by atoms with Gasteiger partial charge in [-0.2, -0.15) is 0 Å². The van der Waals surface area contributed by atoms with Gasteiger partial charge in [-0.1, -0.05) is 12.1 Å². The Morgan fingerprint density at radius 3 is 2.73 bits per heavy atom. The molecule has 1 aromatic heterocycles. The molecule has 3 N–H and O–H groups in total. The van der Waals surface area contributed by atoms with Crippen LogP contribution in [0.25, 0.3) is 0 Å². The topological polar surface area (TPSA) is 92.4 Å². The standard InChI is InChI=1S/C19H22N4O3/c1-20-19(25)16-12-14(8-11-22-16)26-17-5-3-2-4-15(17)23-18(24)13-6-9-21-10-7-13/h2-5,8,11-13,21H,6-7,9-10H2,1H3,(H,20,25)(H,23,24). The van der Waals surface area contributed by atoms with Gasteiger partial charge >= 0.3 is 0 Å². The summed E-state index contributed by atoms with van der Waals surface area (Å²) in [5.74, 6) is 0.711. The zero-order valence-electron chi connectivity index (χ0n) is 14.6. The molecule has 0 unspecified atom stereocenters. The van der Waals surface area contributed by atoms with Crippen LogP contribution in [0.15, 0.2) is 42.6 Å². The summed E-state index contributed by atoms with van der Waals surface area (Å²) in [6.45, 7) is 1.71. The lowest BCUT2D eigenvalue weighted by molar-refractivity contribution is -0.120. The third-order valence-corrected chi connectivity index (χ3v) is 4.27. The van der Waals surface area contributed by atoms with E-state index in [9.17, 15) is 9.59 Å². The number of para-hydroxylation sites is 2. The SMILES string of the molecule is CNC(=O)c1cc(Oc2ccccc2NC(=O)C2CCNCC2)ccn1. The number of carbonyl (C=O) groups is 2. The molecule has 1 fully saturated rings. The third kappa shape index (κ3) is 4.37. The Kier molecular flexibility index (Phi) is 5.80. The molecular weight excluding hydrogens is 332 g/mol. The molecule has 0 saturated carbocycles. The Morgan fingerprint density at radius 2 is 1.96 bits per heavy atom. The number of hydrogen-bond donors (Lipinski definition) is 3. The van der Waals surface area contributed by atoms with Crippen LogP contribution >= 0.6 is 0 Å². The second-order valence-electron chi connectivity index (χ2n) is 6.07. The van der Waals surface area contributed by atoms with E-state index in [1.165, 1.54) is 6.20 Å².